The number of nitrogens with one attached hydrogen (secondary N) is 1. The van der Waals surface area contributed by atoms with Gasteiger partial charge in [0.05, 0.1) is 24.5 Å². The van der Waals surface area contributed by atoms with Crippen molar-refractivity contribution < 1.29 is 17.3 Å². The highest BCUT2D eigenvalue weighted by Gasteiger charge is 2.36. The van der Waals surface area contributed by atoms with Crippen molar-refractivity contribution >= 4 is 10.2 Å². The third kappa shape index (κ3) is 2.94. The Bertz CT molecular complexity index is 717. The molecule has 0 radical (unpaired) electrons. The number of furan rings is 1. The molecule has 0 spiro atoms. The van der Waals surface area contributed by atoms with E-state index in [1.54, 1.807) is 25.3 Å². The van der Waals surface area contributed by atoms with E-state index in [0.717, 1.165) is 18.5 Å². The first-order valence-corrected chi connectivity index (χ1v) is 8.64. The van der Waals surface area contributed by atoms with Gasteiger partial charge in [0.1, 0.15) is 11.5 Å². The van der Waals surface area contributed by atoms with Gasteiger partial charge < -0.3 is 8.83 Å². The van der Waals surface area contributed by atoms with Crippen LogP contribution in [-0.4, -0.2) is 24.3 Å². The third-order valence-corrected chi connectivity index (χ3v) is 5.43. The van der Waals surface area contributed by atoms with Crippen molar-refractivity contribution in [2.75, 3.05) is 6.54 Å². The molecule has 1 N–H and O–H groups in total. The SMILES string of the molecule is Cc1nc(CNS(=O)(=O)N2CCC[C@H]2c2ccco2)oc1C. The van der Waals surface area contributed by atoms with Gasteiger partial charge in [-0.2, -0.15) is 17.4 Å². The Hall–Kier alpha value is -1.64. The lowest BCUT2D eigenvalue weighted by Gasteiger charge is -2.22. The van der Waals surface area contributed by atoms with Gasteiger partial charge in [0.2, 0.25) is 5.89 Å². The van der Waals surface area contributed by atoms with Gasteiger partial charge >= 0.3 is 0 Å². The van der Waals surface area contributed by atoms with Crippen LogP contribution in [0.2, 0.25) is 0 Å². The minimum Gasteiger partial charge on any atom is -0.468 e. The first kappa shape index (κ1) is 15.3. The third-order valence-electron chi connectivity index (χ3n) is 3.86. The largest absolute Gasteiger partial charge is 0.468 e. The number of aromatic nitrogens is 1. The number of hydrogen-bond acceptors (Lipinski definition) is 5. The lowest BCUT2D eigenvalue weighted by atomic mass is 10.2. The van der Waals surface area contributed by atoms with Crippen LogP contribution in [0, 0.1) is 13.8 Å². The lowest BCUT2D eigenvalue weighted by molar-refractivity contribution is 0.334. The van der Waals surface area contributed by atoms with Crippen LogP contribution in [0.15, 0.2) is 27.2 Å². The van der Waals surface area contributed by atoms with Crippen molar-refractivity contribution in [3.63, 3.8) is 0 Å². The molecule has 0 saturated carbocycles. The molecule has 1 atom stereocenters. The van der Waals surface area contributed by atoms with Crippen LogP contribution in [0.3, 0.4) is 0 Å². The van der Waals surface area contributed by atoms with Gasteiger partial charge in [0.25, 0.3) is 10.2 Å². The van der Waals surface area contributed by atoms with Crippen LogP contribution in [0.5, 0.6) is 0 Å². The highest BCUT2D eigenvalue weighted by atomic mass is 32.2. The summed E-state index contributed by atoms with van der Waals surface area (Å²) in [6.07, 6.45) is 3.12. The minimum absolute atomic E-state index is 0.0401. The Morgan fingerprint density at radius 2 is 2.27 bits per heavy atom. The molecule has 1 fully saturated rings. The average Bonchev–Trinajstić information content (AvgIpc) is 3.17. The van der Waals surface area contributed by atoms with Crippen LogP contribution >= 0.6 is 0 Å². The summed E-state index contributed by atoms with van der Waals surface area (Å²) >= 11 is 0. The molecule has 1 aliphatic heterocycles. The Labute approximate surface area is 129 Å². The molecule has 3 heterocycles. The summed E-state index contributed by atoms with van der Waals surface area (Å²) in [4.78, 5) is 4.18. The van der Waals surface area contributed by atoms with E-state index in [0.29, 0.717) is 24.0 Å². The maximum absolute atomic E-state index is 12.5. The second kappa shape index (κ2) is 5.86. The van der Waals surface area contributed by atoms with Crippen molar-refractivity contribution in [3.8, 4) is 0 Å². The highest BCUT2D eigenvalue weighted by Crippen LogP contribution is 2.33. The van der Waals surface area contributed by atoms with Crippen molar-refractivity contribution in [1.82, 2.24) is 14.0 Å². The van der Waals surface area contributed by atoms with Crippen molar-refractivity contribution in [3.05, 3.63) is 41.5 Å². The molecule has 0 unspecified atom stereocenters. The number of oxazole rings is 1. The minimum atomic E-state index is -3.61. The van der Waals surface area contributed by atoms with Crippen molar-refractivity contribution in [1.29, 1.82) is 0 Å². The molecule has 2 aromatic heterocycles. The zero-order valence-electron chi connectivity index (χ0n) is 12.6. The zero-order chi connectivity index (χ0) is 15.7. The fourth-order valence-electron chi connectivity index (χ4n) is 2.64. The first-order chi connectivity index (χ1) is 10.5. The molecule has 1 aliphatic rings. The van der Waals surface area contributed by atoms with E-state index in [-0.39, 0.29) is 12.6 Å². The van der Waals surface area contributed by atoms with E-state index < -0.39 is 10.2 Å². The summed E-state index contributed by atoms with van der Waals surface area (Å²) in [7, 11) is -3.61. The van der Waals surface area contributed by atoms with E-state index in [1.807, 2.05) is 6.92 Å². The highest BCUT2D eigenvalue weighted by molar-refractivity contribution is 7.87. The van der Waals surface area contributed by atoms with E-state index in [4.69, 9.17) is 8.83 Å². The smallest absolute Gasteiger partial charge is 0.280 e. The van der Waals surface area contributed by atoms with Gasteiger partial charge in [-0.25, -0.2) is 4.98 Å². The van der Waals surface area contributed by atoms with Gasteiger partial charge in [-0.3, -0.25) is 0 Å². The predicted octanol–water partition coefficient (Wildman–Crippen LogP) is 2.06. The monoisotopic (exact) mass is 325 g/mol. The summed E-state index contributed by atoms with van der Waals surface area (Å²) < 4.78 is 39.8. The van der Waals surface area contributed by atoms with Gasteiger partial charge in [-0.05, 0) is 38.8 Å². The Morgan fingerprint density at radius 1 is 1.45 bits per heavy atom. The fourth-order valence-corrected chi connectivity index (χ4v) is 4.03. The molecular formula is C14H19N3O4S. The maximum atomic E-state index is 12.5. The van der Waals surface area contributed by atoms with Crippen LogP contribution < -0.4 is 4.72 Å². The molecule has 2 aromatic rings. The second-order valence-electron chi connectivity index (χ2n) is 5.36. The molecule has 0 aliphatic carbocycles. The zero-order valence-corrected chi connectivity index (χ0v) is 13.4. The number of rotatable bonds is 5. The lowest BCUT2D eigenvalue weighted by Crippen LogP contribution is -2.39. The molecule has 1 saturated heterocycles. The van der Waals surface area contributed by atoms with Crippen LogP contribution in [0.4, 0.5) is 0 Å². The second-order valence-corrected chi connectivity index (χ2v) is 7.07. The molecule has 22 heavy (non-hydrogen) atoms. The molecule has 7 nitrogen and oxygen atoms in total. The summed E-state index contributed by atoms with van der Waals surface area (Å²) in [5.41, 5.74) is 0.767. The van der Waals surface area contributed by atoms with Crippen molar-refractivity contribution in [2.24, 2.45) is 0 Å². The summed E-state index contributed by atoms with van der Waals surface area (Å²) in [5.74, 6) is 1.74. The maximum Gasteiger partial charge on any atom is 0.280 e. The van der Waals surface area contributed by atoms with Crippen LogP contribution in [0.25, 0.3) is 0 Å². The molecular weight excluding hydrogens is 306 g/mol. The van der Waals surface area contributed by atoms with Gasteiger partial charge in [0, 0.05) is 6.54 Å². The van der Waals surface area contributed by atoms with Gasteiger partial charge in [-0.15, -0.1) is 0 Å². The number of nitrogens with zero attached hydrogens (tertiary/aromatic N) is 2. The quantitative estimate of drug-likeness (QED) is 0.909. The van der Waals surface area contributed by atoms with Gasteiger partial charge in [-0.1, -0.05) is 0 Å². The average molecular weight is 325 g/mol. The van der Waals surface area contributed by atoms with E-state index in [2.05, 4.69) is 9.71 Å². The molecule has 0 aromatic carbocycles. The van der Waals surface area contributed by atoms with Crippen LogP contribution in [0.1, 0.15) is 42.0 Å². The predicted molar refractivity (Wildman–Crippen MR) is 79.1 cm³/mol. The van der Waals surface area contributed by atoms with E-state index >= 15 is 0 Å². The van der Waals surface area contributed by atoms with Crippen LogP contribution in [-0.2, 0) is 16.8 Å². The van der Waals surface area contributed by atoms with E-state index in [9.17, 15) is 8.42 Å². The Balaban J connectivity index is 1.72. The Kier molecular flexibility index (Phi) is 4.07. The first-order valence-electron chi connectivity index (χ1n) is 7.20. The number of hydrogen-bond donors (Lipinski definition) is 1. The van der Waals surface area contributed by atoms with Crippen molar-refractivity contribution in [2.45, 2.75) is 39.3 Å². The summed E-state index contributed by atoms with van der Waals surface area (Å²) in [6, 6.07) is 3.32. The standard InChI is InChI=1S/C14H19N3O4S/c1-10-11(2)21-14(16-10)9-15-22(18,19)17-7-3-5-12(17)13-6-4-8-20-13/h4,6,8,12,15H,3,5,7,9H2,1-2H3/t12-/m0/s1. The molecule has 0 bridgehead atoms. The van der Waals surface area contributed by atoms with E-state index in [1.165, 1.54) is 4.31 Å². The molecule has 120 valence electrons. The number of aryl methyl sites for hydroxylation is 2. The topological polar surface area (TPSA) is 88.6 Å². The summed E-state index contributed by atoms with van der Waals surface area (Å²) in [6.45, 7) is 4.14. The molecule has 8 heteroatoms. The summed E-state index contributed by atoms with van der Waals surface area (Å²) in [5, 5.41) is 0. The fraction of sp³-hybridized carbons (Fsp3) is 0.500. The normalized spacial score (nSPS) is 19.8. The Morgan fingerprint density at radius 3 is 2.91 bits per heavy atom. The van der Waals surface area contributed by atoms with Gasteiger partial charge in [0.15, 0.2) is 0 Å². The molecule has 0 amide bonds. The molecule has 3 rings (SSSR count).